The molecule has 0 radical (unpaired) electrons. The molecule has 2 heteroatoms. The van der Waals surface area contributed by atoms with Crippen molar-refractivity contribution < 1.29 is 4.57 Å². The predicted molar refractivity (Wildman–Crippen MR) is 149 cm³/mol. The van der Waals surface area contributed by atoms with Gasteiger partial charge in [0.1, 0.15) is 11.9 Å². The van der Waals surface area contributed by atoms with Crippen LogP contribution in [0.3, 0.4) is 0 Å². The maximum Gasteiger partial charge on any atom is 0.294 e. The number of aryl methyl sites for hydroxylation is 2. The van der Waals surface area contributed by atoms with Gasteiger partial charge in [-0.2, -0.15) is 4.57 Å². The number of hydrogen-bond acceptors (Lipinski definition) is 0. The van der Waals surface area contributed by atoms with Gasteiger partial charge in [-0.25, -0.2) is 4.57 Å². The smallest absolute Gasteiger partial charge is 0.229 e. The molecule has 1 aromatic heterocycles. The Labute approximate surface area is 212 Å². The van der Waals surface area contributed by atoms with Gasteiger partial charge in [0.15, 0.2) is 5.69 Å². The van der Waals surface area contributed by atoms with E-state index in [0.717, 1.165) is 0 Å². The third-order valence-electron chi connectivity index (χ3n) is 7.59. The molecular formula is C33H41N2+. The zero-order valence-electron chi connectivity index (χ0n) is 23.0. The summed E-state index contributed by atoms with van der Waals surface area (Å²) in [7, 11) is 2.24. The van der Waals surface area contributed by atoms with Gasteiger partial charge in [-0.15, -0.1) is 0 Å². The summed E-state index contributed by atoms with van der Waals surface area (Å²) >= 11 is 0. The third-order valence-corrected chi connectivity index (χ3v) is 7.59. The van der Waals surface area contributed by atoms with E-state index >= 15 is 0 Å². The van der Waals surface area contributed by atoms with E-state index < -0.39 is 0 Å². The van der Waals surface area contributed by atoms with Crippen molar-refractivity contribution in [2.75, 3.05) is 0 Å². The van der Waals surface area contributed by atoms with E-state index in [2.05, 4.69) is 144 Å². The van der Waals surface area contributed by atoms with Crippen molar-refractivity contribution in [1.29, 1.82) is 0 Å². The Balaban J connectivity index is 2.13. The van der Waals surface area contributed by atoms with Crippen LogP contribution >= 0.6 is 0 Å². The highest BCUT2D eigenvalue weighted by Gasteiger charge is 2.37. The van der Waals surface area contributed by atoms with Crippen molar-refractivity contribution in [2.45, 2.75) is 72.6 Å². The molecule has 0 aliphatic carbocycles. The molecule has 4 aromatic rings. The lowest BCUT2D eigenvalue weighted by molar-refractivity contribution is -0.669. The van der Waals surface area contributed by atoms with E-state index in [9.17, 15) is 0 Å². The molecule has 35 heavy (non-hydrogen) atoms. The van der Waals surface area contributed by atoms with Crippen LogP contribution in [0.4, 0.5) is 0 Å². The Morgan fingerprint density at radius 3 is 1.80 bits per heavy atom. The summed E-state index contributed by atoms with van der Waals surface area (Å²) in [5, 5.41) is 0. The molecule has 0 aliphatic rings. The highest BCUT2D eigenvalue weighted by Crippen LogP contribution is 2.38. The second-order valence-corrected chi connectivity index (χ2v) is 11.1. The van der Waals surface area contributed by atoms with Gasteiger partial charge in [-0.05, 0) is 62.3 Å². The molecule has 0 N–H and O–H groups in total. The molecule has 3 aromatic carbocycles. The quantitative estimate of drug-likeness (QED) is 0.254. The summed E-state index contributed by atoms with van der Waals surface area (Å²) in [6.45, 7) is 18.4. The fourth-order valence-electron chi connectivity index (χ4n) is 5.63. The molecule has 0 aliphatic heterocycles. The van der Waals surface area contributed by atoms with E-state index in [1.54, 1.807) is 0 Å². The lowest BCUT2D eigenvalue weighted by atomic mass is 9.79. The van der Waals surface area contributed by atoms with Crippen LogP contribution in [-0.2, 0) is 12.5 Å². The van der Waals surface area contributed by atoms with Gasteiger partial charge in [0.2, 0.25) is 0 Å². The number of benzene rings is 3. The van der Waals surface area contributed by atoms with Gasteiger partial charge in [0.25, 0.3) is 5.82 Å². The van der Waals surface area contributed by atoms with E-state index in [1.165, 1.54) is 50.6 Å². The lowest BCUT2D eigenvalue weighted by Crippen LogP contribution is -2.41. The summed E-state index contributed by atoms with van der Waals surface area (Å²) in [5.41, 5.74) is 10.5. The normalized spacial score (nSPS) is 12.1. The van der Waals surface area contributed by atoms with Crippen LogP contribution in [0.1, 0.15) is 86.9 Å². The predicted octanol–water partition coefficient (Wildman–Crippen LogP) is 8.16. The summed E-state index contributed by atoms with van der Waals surface area (Å²) in [6.07, 6.45) is 2.40. The van der Waals surface area contributed by atoms with Crippen molar-refractivity contribution >= 4 is 0 Å². The van der Waals surface area contributed by atoms with E-state index in [-0.39, 0.29) is 5.41 Å². The Kier molecular flexibility index (Phi) is 6.77. The maximum atomic E-state index is 2.49. The van der Waals surface area contributed by atoms with Gasteiger partial charge < -0.3 is 0 Å². The van der Waals surface area contributed by atoms with Crippen LogP contribution in [0.25, 0.3) is 17.1 Å². The molecule has 1 heterocycles. The zero-order chi connectivity index (χ0) is 25.5. The van der Waals surface area contributed by atoms with E-state index in [4.69, 9.17) is 0 Å². The van der Waals surface area contributed by atoms with Crippen molar-refractivity contribution in [3.8, 4) is 17.1 Å². The monoisotopic (exact) mass is 465 g/mol. The Hall–Kier alpha value is -3.13. The zero-order valence-corrected chi connectivity index (χ0v) is 23.0. The number of aromatic nitrogens is 2. The van der Waals surface area contributed by atoms with Crippen LogP contribution in [0.5, 0.6) is 0 Å². The Morgan fingerprint density at radius 2 is 1.26 bits per heavy atom. The van der Waals surface area contributed by atoms with Crippen LogP contribution in [0, 0.1) is 13.8 Å². The minimum atomic E-state index is -0.159. The Bertz CT molecular complexity index is 1330. The fraction of sp³-hybridized carbons (Fsp3) is 0.364. The van der Waals surface area contributed by atoms with Gasteiger partial charge in [0.05, 0.1) is 18.0 Å². The minimum absolute atomic E-state index is 0.159. The molecule has 2 nitrogen and oxygen atoms in total. The van der Waals surface area contributed by atoms with Gasteiger partial charge >= 0.3 is 0 Å². The van der Waals surface area contributed by atoms with Gasteiger partial charge in [-0.1, -0.05) is 88.4 Å². The summed E-state index contributed by atoms with van der Waals surface area (Å²) in [4.78, 5) is 0. The molecule has 4 rings (SSSR count). The number of para-hydroxylation sites is 1. The summed E-state index contributed by atoms with van der Waals surface area (Å²) < 4.78 is 4.92. The largest absolute Gasteiger partial charge is 0.294 e. The second-order valence-electron chi connectivity index (χ2n) is 11.1. The molecule has 0 fully saturated rings. The summed E-state index contributed by atoms with van der Waals surface area (Å²) in [6, 6.07) is 24.4. The van der Waals surface area contributed by atoms with Gasteiger partial charge in [-0.3, -0.25) is 0 Å². The van der Waals surface area contributed by atoms with Crippen molar-refractivity contribution in [2.24, 2.45) is 7.05 Å². The molecule has 0 bridgehead atoms. The SMILES string of the molecule is Cc1ccccc1-c1n(-c2c(C(C)C)cccc2C(C)C)cc(C(C)(C)c2ccccc2C)[n+]1C. The highest BCUT2D eigenvalue weighted by atomic mass is 15.2. The molecular weight excluding hydrogens is 424 g/mol. The van der Waals surface area contributed by atoms with Crippen LogP contribution < -0.4 is 4.57 Å². The maximum absolute atomic E-state index is 2.49. The number of rotatable bonds is 6. The standard InChI is InChI=1S/C33H41N2/c1-22(2)26-18-14-19-27(23(3)4)31(26)35-21-30(33(7,8)29-20-13-11-16-25(29)6)34(9)32(35)28-17-12-10-15-24(28)5/h10-23H,1-9H3/q+1. The van der Waals surface area contributed by atoms with E-state index in [1.807, 2.05) is 0 Å². The van der Waals surface area contributed by atoms with Crippen LogP contribution in [-0.4, -0.2) is 4.57 Å². The first-order chi connectivity index (χ1) is 16.6. The number of nitrogens with zero attached hydrogens (tertiary/aromatic N) is 2. The van der Waals surface area contributed by atoms with E-state index in [0.29, 0.717) is 11.8 Å². The van der Waals surface area contributed by atoms with Crippen molar-refractivity contribution in [1.82, 2.24) is 4.57 Å². The first-order valence-electron chi connectivity index (χ1n) is 12.9. The molecule has 0 spiro atoms. The molecule has 0 atom stereocenters. The van der Waals surface area contributed by atoms with Crippen molar-refractivity contribution in [3.05, 3.63) is 106 Å². The number of imidazole rings is 1. The molecule has 0 amide bonds. The Morgan fingerprint density at radius 1 is 0.714 bits per heavy atom. The third kappa shape index (κ3) is 4.35. The first-order valence-corrected chi connectivity index (χ1v) is 12.9. The van der Waals surface area contributed by atoms with Crippen LogP contribution in [0.2, 0.25) is 0 Å². The van der Waals surface area contributed by atoms with Gasteiger partial charge in [0, 0.05) is 11.1 Å². The molecule has 0 saturated carbocycles. The first kappa shape index (κ1) is 25.0. The average Bonchev–Trinajstić information content (AvgIpc) is 3.16. The average molecular weight is 466 g/mol. The minimum Gasteiger partial charge on any atom is -0.229 e. The second kappa shape index (κ2) is 9.49. The van der Waals surface area contributed by atoms with Crippen LogP contribution in [0.15, 0.2) is 72.9 Å². The fourth-order valence-corrected chi connectivity index (χ4v) is 5.63. The number of hydrogen-bond donors (Lipinski definition) is 0. The van der Waals surface area contributed by atoms with Crippen molar-refractivity contribution in [3.63, 3.8) is 0 Å². The molecule has 0 unspecified atom stereocenters. The topological polar surface area (TPSA) is 8.81 Å². The lowest BCUT2D eigenvalue weighted by Gasteiger charge is -2.24. The summed E-state index contributed by atoms with van der Waals surface area (Å²) in [5.74, 6) is 2.08. The molecule has 0 saturated heterocycles. The molecule has 182 valence electrons. The highest BCUT2D eigenvalue weighted by molar-refractivity contribution is 5.64.